The number of hydrogen-bond donors (Lipinski definition) is 3. The number of ether oxygens (including phenoxy) is 1. The number of benzene rings is 1. The number of nitrogens with two attached hydrogens (primary N) is 1. The molecule has 0 saturated carbocycles. The molecule has 20 heavy (non-hydrogen) atoms. The van der Waals surface area contributed by atoms with Crippen LogP contribution in [-0.2, 0) is 4.74 Å². The first-order valence-electron chi connectivity index (χ1n) is 6.82. The highest BCUT2D eigenvalue weighted by molar-refractivity contribution is 5.75. The van der Waals surface area contributed by atoms with Crippen molar-refractivity contribution < 1.29 is 9.66 Å². The monoisotopic (exact) mass is 280 g/mol. The highest BCUT2D eigenvalue weighted by Crippen LogP contribution is 2.32. The topological polar surface area (TPSA) is 102 Å². The fourth-order valence-electron chi connectivity index (χ4n) is 2.40. The van der Waals surface area contributed by atoms with Crippen LogP contribution in [0.4, 0.5) is 17.1 Å². The molecule has 0 aliphatic carbocycles. The summed E-state index contributed by atoms with van der Waals surface area (Å²) < 4.78 is 5.63. The Morgan fingerprint density at radius 2 is 2.20 bits per heavy atom. The molecule has 4 N–H and O–H groups in total. The summed E-state index contributed by atoms with van der Waals surface area (Å²) in [6.45, 7) is 1.46. The van der Waals surface area contributed by atoms with Gasteiger partial charge in [-0.05, 0) is 37.8 Å². The van der Waals surface area contributed by atoms with E-state index in [0.29, 0.717) is 17.9 Å². The Bertz CT molecular complexity index is 461. The van der Waals surface area contributed by atoms with E-state index in [1.54, 1.807) is 18.2 Å². The summed E-state index contributed by atoms with van der Waals surface area (Å²) in [5.41, 5.74) is 3.10. The number of nitrogens with zero attached hydrogens (tertiary/aromatic N) is 1. The van der Waals surface area contributed by atoms with Crippen molar-refractivity contribution in [2.45, 2.75) is 31.8 Å². The maximum atomic E-state index is 11.1. The smallest absolute Gasteiger partial charge is 0.316 e. The predicted molar refractivity (Wildman–Crippen MR) is 77.6 cm³/mol. The van der Waals surface area contributed by atoms with Crippen molar-refractivity contribution in [2.75, 3.05) is 23.9 Å². The van der Waals surface area contributed by atoms with Crippen LogP contribution in [0, 0.1) is 10.1 Å². The fraction of sp³-hybridized carbons (Fsp3) is 0.538. The third kappa shape index (κ3) is 3.58. The third-order valence-corrected chi connectivity index (χ3v) is 3.43. The molecule has 1 aliphatic rings. The molecule has 1 unspecified atom stereocenters. The van der Waals surface area contributed by atoms with Crippen molar-refractivity contribution in [1.29, 1.82) is 0 Å². The first-order valence-corrected chi connectivity index (χ1v) is 6.82. The zero-order valence-corrected chi connectivity index (χ0v) is 11.3. The summed E-state index contributed by atoms with van der Waals surface area (Å²) in [7, 11) is 0. The number of hydrogen-bond acceptors (Lipinski definition) is 6. The van der Waals surface area contributed by atoms with Crippen molar-refractivity contribution in [3.63, 3.8) is 0 Å². The number of para-hydroxylation sites is 1. The molecule has 1 saturated heterocycles. The largest absolute Gasteiger partial charge is 0.379 e. The van der Waals surface area contributed by atoms with E-state index in [0.717, 1.165) is 25.9 Å². The quantitative estimate of drug-likeness (QED) is 0.419. The van der Waals surface area contributed by atoms with Crippen LogP contribution in [-0.4, -0.2) is 24.2 Å². The Kier molecular flexibility index (Phi) is 5.14. The summed E-state index contributed by atoms with van der Waals surface area (Å²) in [5.74, 6) is 5.30. The van der Waals surface area contributed by atoms with Crippen molar-refractivity contribution >= 4 is 17.1 Å². The van der Waals surface area contributed by atoms with Crippen molar-refractivity contribution in [3.05, 3.63) is 28.3 Å². The fourth-order valence-corrected chi connectivity index (χ4v) is 2.40. The van der Waals surface area contributed by atoms with Gasteiger partial charge in [0.25, 0.3) is 0 Å². The molecule has 0 bridgehead atoms. The van der Waals surface area contributed by atoms with Crippen LogP contribution in [0.25, 0.3) is 0 Å². The summed E-state index contributed by atoms with van der Waals surface area (Å²) in [4.78, 5) is 10.7. The summed E-state index contributed by atoms with van der Waals surface area (Å²) in [6.07, 6.45) is 4.48. The molecular weight excluding hydrogens is 260 g/mol. The van der Waals surface area contributed by atoms with E-state index in [1.165, 1.54) is 6.42 Å². The van der Waals surface area contributed by atoms with E-state index in [1.807, 2.05) is 0 Å². The van der Waals surface area contributed by atoms with Gasteiger partial charge in [0.2, 0.25) is 0 Å². The average Bonchev–Trinajstić information content (AvgIpc) is 2.47. The minimum Gasteiger partial charge on any atom is -0.379 e. The second-order valence-corrected chi connectivity index (χ2v) is 4.81. The highest BCUT2D eigenvalue weighted by Gasteiger charge is 2.19. The lowest BCUT2D eigenvalue weighted by Gasteiger charge is -2.22. The van der Waals surface area contributed by atoms with E-state index in [-0.39, 0.29) is 11.8 Å². The van der Waals surface area contributed by atoms with Crippen LogP contribution in [0.3, 0.4) is 0 Å². The molecule has 0 aromatic heterocycles. The normalized spacial score (nSPS) is 18.6. The van der Waals surface area contributed by atoms with E-state index in [2.05, 4.69) is 10.7 Å². The lowest BCUT2D eigenvalue weighted by molar-refractivity contribution is -0.383. The molecule has 0 amide bonds. The summed E-state index contributed by atoms with van der Waals surface area (Å²) in [6, 6.07) is 4.98. The van der Waals surface area contributed by atoms with Gasteiger partial charge in [0.05, 0.1) is 11.0 Å². The second-order valence-electron chi connectivity index (χ2n) is 4.81. The number of nitro benzene ring substituents is 1. The SMILES string of the molecule is NNc1cccc(NCCC2CCCCO2)c1[N+](=O)[O-]. The van der Waals surface area contributed by atoms with Crippen LogP contribution < -0.4 is 16.6 Å². The Labute approximate surface area is 117 Å². The minimum atomic E-state index is -0.436. The third-order valence-electron chi connectivity index (χ3n) is 3.43. The van der Waals surface area contributed by atoms with Crippen LogP contribution in [0.2, 0.25) is 0 Å². The zero-order valence-electron chi connectivity index (χ0n) is 11.3. The van der Waals surface area contributed by atoms with Gasteiger partial charge in [0.1, 0.15) is 11.4 Å². The van der Waals surface area contributed by atoms with E-state index < -0.39 is 4.92 Å². The Balaban J connectivity index is 1.96. The lowest BCUT2D eigenvalue weighted by atomic mass is 10.1. The Hall–Kier alpha value is -1.86. The van der Waals surface area contributed by atoms with Gasteiger partial charge in [0, 0.05) is 13.2 Å². The minimum absolute atomic E-state index is 0.0282. The molecule has 0 spiro atoms. The number of nitrogens with one attached hydrogen (secondary N) is 2. The van der Waals surface area contributed by atoms with Crippen LogP contribution >= 0.6 is 0 Å². The standard InChI is InChI=1S/C13H20N4O3/c14-16-12-6-3-5-11(13(12)17(18)19)15-8-7-10-4-1-2-9-20-10/h3,5-6,10,15-16H,1-2,4,7-9,14H2. The van der Waals surface area contributed by atoms with Crippen LogP contribution in [0.1, 0.15) is 25.7 Å². The molecular formula is C13H20N4O3. The first-order chi connectivity index (χ1) is 9.72. The number of anilines is 2. The zero-order chi connectivity index (χ0) is 14.4. The molecule has 7 nitrogen and oxygen atoms in total. The van der Waals surface area contributed by atoms with Gasteiger partial charge >= 0.3 is 5.69 Å². The van der Waals surface area contributed by atoms with E-state index in [4.69, 9.17) is 10.6 Å². The van der Waals surface area contributed by atoms with E-state index >= 15 is 0 Å². The highest BCUT2D eigenvalue weighted by atomic mass is 16.6. The molecule has 1 aliphatic heterocycles. The van der Waals surface area contributed by atoms with Gasteiger partial charge in [-0.2, -0.15) is 0 Å². The molecule has 1 fully saturated rings. The maximum absolute atomic E-state index is 11.1. The second kappa shape index (κ2) is 7.06. The maximum Gasteiger partial charge on any atom is 0.316 e. The van der Waals surface area contributed by atoms with Crippen molar-refractivity contribution in [1.82, 2.24) is 0 Å². The summed E-state index contributed by atoms with van der Waals surface area (Å²) >= 11 is 0. The number of hydrazine groups is 1. The number of rotatable bonds is 6. The molecule has 110 valence electrons. The molecule has 7 heteroatoms. The average molecular weight is 280 g/mol. The molecule has 1 aromatic carbocycles. The van der Waals surface area contributed by atoms with Crippen LogP contribution in [0.15, 0.2) is 18.2 Å². The van der Waals surface area contributed by atoms with Gasteiger partial charge in [-0.15, -0.1) is 0 Å². The van der Waals surface area contributed by atoms with Crippen molar-refractivity contribution in [2.24, 2.45) is 5.84 Å². The first kappa shape index (κ1) is 14.5. The van der Waals surface area contributed by atoms with E-state index in [9.17, 15) is 10.1 Å². The Morgan fingerprint density at radius 3 is 2.85 bits per heavy atom. The van der Waals surface area contributed by atoms with Crippen molar-refractivity contribution in [3.8, 4) is 0 Å². The molecule has 2 rings (SSSR count). The predicted octanol–water partition coefficient (Wildman–Crippen LogP) is 2.25. The van der Waals surface area contributed by atoms with Crippen LogP contribution in [0.5, 0.6) is 0 Å². The van der Waals surface area contributed by atoms with Gasteiger partial charge in [-0.25, -0.2) is 0 Å². The summed E-state index contributed by atoms with van der Waals surface area (Å²) in [5, 5.41) is 14.2. The lowest BCUT2D eigenvalue weighted by Crippen LogP contribution is -2.22. The number of nitro groups is 1. The van der Waals surface area contributed by atoms with Gasteiger partial charge in [-0.1, -0.05) is 6.07 Å². The molecule has 1 aromatic rings. The number of nitrogen functional groups attached to an aromatic ring is 1. The van der Waals surface area contributed by atoms with Gasteiger partial charge in [0.15, 0.2) is 0 Å². The molecule has 0 radical (unpaired) electrons. The van der Waals surface area contributed by atoms with Gasteiger partial charge in [-0.3, -0.25) is 16.0 Å². The Morgan fingerprint density at radius 1 is 1.40 bits per heavy atom. The van der Waals surface area contributed by atoms with Gasteiger partial charge < -0.3 is 15.5 Å². The molecule has 1 atom stereocenters. The molecule has 1 heterocycles.